The van der Waals surface area contributed by atoms with E-state index in [0.29, 0.717) is 18.7 Å². The lowest BCUT2D eigenvalue weighted by molar-refractivity contribution is -0.117. The third-order valence-electron chi connectivity index (χ3n) is 2.69. The number of hydrogen-bond donors (Lipinski definition) is 1. The molecule has 0 aromatic heterocycles. The number of aryl methyl sites for hydroxylation is 1. The van der Waals surface area contributed by atoms with Gasteiger partial charge in [0.15, 0.2) is 0 Å². The maximum absolute atomic E-state index is 11.5. The molecule has 0 aliphatic carbocycles. The van der Waals surface area contributed by atoms with E-state index in [1.54, 1.807) is 17.0 Å². The highest BCUT2D eigenvalue weighted by atomic mass is 16.4. The van der Waals surface area contributed by atoms with E-state index >= 15 is 0 Å². The number of rotatable bonds is 2. The molecule has 0 atom stereocenters. The molecule has 0 spiro atoms. The van der Waals surface area contributed by atoms with Crippen LogP contribution in [-0.4, -0.2) is 23.5 Å². The highest BCUT2D eigenvalue weighted by Gasteiger charge is 2.22. The SMILES string of the molecule is Cc1cc(C(=O)O)cc(N2CCCC2=O)c1. The highest BCUT2D eigenvalue weighted by Crippen LogP contribution is 2.23. The third kappa shape index (κ3) is 1.91. The first-order valence-corrected chi connectivity index (χ1v) is 5.23. The minimum atomic E-state index is -0.961. The molecule has 1 heterocycles. The Morgan fingerprint density at radius 3 is 2.69 bits per heavy atom. The number of hydrogen-bond acceptors (Lipinski definition) is 2. The van der Waals surface area contributed by atoms with Crippen LogP contribution in [0.15, 0.2) is 18.2 Å². The summed E-state index contributed by atoms with van der Waals surface area (Å²) in [5.41, 5.74) is 1.78. The maximum atomic E-state index is 11.5. The van der Waals surface area contributed by atoms with Gasteiger partial charge in [-0.3, -0.25) is 4.79 Å². The Hall–Kier alpha value is -1.84. The fourth-order valence-corrected chi connectivity index (χ4v) is 1.96. The Kier molecular flexibility index (Phi) is 2.64. The highest BCUT2D eigenvalue weighted by molar-refractivity contribution is 5.97. The van der Waals surface area contributed by atoms with Gasteiger partial charge in [-0.1, -0.05) is 0 Å². The number of carboxylic acid groups (broad SMARTS) is 1. The molecule has 1 aromatic rings. The van der Waals surface area contributed by atoms with Crippen LogP contribution >= 0.6 is 0 Å². The van der Waals surface area contributed by atoms with E-state index in [2.05, 4.69) is 0 Å². The summed E-state index contributed by atoms with van der Waals surface area (Å²) < 4.78 is 0. The van der Waals surface area contributed by atoms with Crippen LogP contribution in [0.3, 0.4) is 0 Å². The lowest BCUT2D eigenvalue weighted by atomic mass is 10.1. The molecule has 1 amide bonds. The van der Waals surface area contributed by atoms with Crippen molar-refractivity contribution < 1.29 is 14.7 Å². The van der Waals surface area contributed by atoms with E-state index < -0.39 is 5.97 Å². The number of aromatic carboxylic acids is 1. The summed E-state index contributed by atoms with van der Waals surface area (Å²) >= 11 is 0. The zero-order valence-corrected chi connectivity index (χ0v) is 9.06. The largest absolute Gasteiger partial charge is 0.478 e. The Labute approximate surface area is 93.5 Å². The van der Waals surface area contributed by atoms with Crippen molar-refractivity contribution in [3.8, 4) is 0 Å². The molecule has 1 saturated heterocycles. The standard InChI is InChI=1S/C12H13NO3/c1-8-5-9(12(15)16)7-10(6-8)13-4-2-3-11(13)14/h5-7H,2-4H2,1H3,(H,15,16). The van der Waals surface area contributed by atoms with Crippen molar-refractivity contribution in [1.29, 1.82) is 0 Å². The average Bonchev–Trinajstić information content (AvgIpc) is 2.63. The summed E-state index contributed by atoms with van der Waals surface area (Å²) in [5, 5.41) is 8.94. The summed E-state index contributed by atoms with van der Waals surface area (Å²) in [7, 11) is 0. The van der Waals surface area contributed by atoms with Crippen molar-refractivity contribution in [3.05, 3.63) is 29.3 Å². The molecule has 84 valence electrons. The monoisotopic (exact) mass is 219 g/mol. The predicted molar refractivity (Wildman–Crippen MR) is 59.7 cm³/mol. The first-order valence-electron chi connectivity index (χ1n) is 5.23. The van der Waals surface area contributed by atoms with Gasteiger partial charge in [-0.25, -0.2) is 4.79 Å². The molecule has 1 aliphatic rings. The molecule has 1 aliphatic heterocycles. The number of carbonyl (C=O) groups excluding carboxylic acids is 1. The zero-order valence-electron chi connectivity index (χ0n) is 9.06. The van der Waals surface area contributed by atoms with Crippen molar-refractivity contribution in [2.24, 2.45) is 0 Å². The average molecular weight is 219 g/mol. The quantitative estimate of drug-likeness (QED) is 0.825. The predicted octanol–water partition coefficient (Wildman–Crippen LogP) is 1.82. The van der Waals surface area contributed by atoms with Gasteiger partial charge in [0.1, 0.15) is 0 Å². The van der Waals surface area contributed by atoms with Gasteiger partial charge >= 0.3 is 5.97 Å². The molecule has 0 bridgehead atoms. The molecular formula is C12H13NO3. The van der Waals surface area contributed by atoms with Crippen molar-refractivity contribution in [2.45, 2.75) is 19.8 Å². The van der Waals surface area contributed by atoms with Gasteiger partial charge in [0.05, 0.1) is 5.56 Å². The van der Waals surface area contributed by atoms with E-state index in [9.17, 15) is 9.59 Å². The number of carbonyl (C=O) groups is 2. The fourth-order valence-electron chi connectivity index (χ4n) is 1.96. The number of nitrogens with zero attached hydrogens (tertiary/aromatic N) is 1. The minimum Gasteiger partial charge on any atom is -0.478 e. The van der Waals surface area contributed by atoms with E-state index in [-0.39, 0.29) is 11.5 Å². The molecule has 0 saturated carbocycles. The molecule has 4 heteroatoms. The maximum Gasteiger partial charge on any atom is 0.335 e. The summed E-state index contributed by atoms with van der Waals surface area (Å²) in [4.78, 5) is 24.1. The van der Waals surface area contributed by atoms with Crippen LogP contribution < -0.4 is 4.90 Å². The number of benzene rings is 1. The normalized spacial score (nSPS) is 15.6. The van der Waals surface area contributed by atoms with Crippen molar-refractivity contribution in [3.63, 3.8) is 0 Å². The minimum absolute atomic E-state index is 0.0712. The lowest BCUT2D eigenvalue weighted by Crippen LogP contribution is -2.24. The van der Waals surface area contributed by atoms with E-state index in [1.165, 1.54) is 0 Å². The van der Waals surface area contributed by atoms with E-state index in [0.717, 1.165) is 12.0 Å². The van der Waals surface area contributed by atoms with Crippen LogP contribution in [0, 0.1) is 6.92 Å². The van der Waals surface area contributed by atoms with Crippen LogP contribution in [0.25, 0.3) is 0 Å². The van der Waals surface area contributed by atoms with Crippen LogP contribution in [0.4, 0.5) is 5.69 Å². The second-order valence-corrected chi connectivity index (χ2v) is 4.01. The van der Waals surface area contributed by atoms with E-state index in [4.69, 9.17) is 5.11 Å². The third-order valence-corrected chi connectivity index (χ3v) is 2.69. The Morgan fingerprint density at radius 2 is 2.12 bits per heavy atom. The lowest BCUT2D eigenvalue weighted by Gasteiger charge is -2.16. The summed E-state index contributed by atoms with van der Waals surface area (Å²) in [6.07, 6.45) is 1.39. The van der Waals surface area contributed by atoms with Crippen LogP contribution in [0.2, 0.25) is 0 Å². The van der Waals surface area contributed by atoms with Crippen molar-refractivity contribution >= 4 is 17.6 Å². The Morgan fingerprint density at radius 1 is 1.38 bits per heavy atom. The fraction of sp³-hybridized carbons (Fsp3) is 0.333. The summed E-state index contributed by atoms with van der Waals surface area (Å²) in [6.45, 7) is 2.51. The first-order chi connectivity index (χ1) is 7.58. The topological polar surface area (TPSA) is 57.6 Å². The van der Waals surface area contributed by atoms with Gasteiger partial charge in [0.25, 0.3) is 0 Å². The van der Waals surface area contributed by atoms with E-state index in [1.807, 2.05) is 13.0 Å². The number of carboxylic acids is 1. The van der Waals surface area contributed by atoms with Gasteiger partial charge in [0.2, 0.25) is 5.91 Å². The summed E-state index contributed by atoms with van der Waals surface area (Å²) in [6, 6.07) is 5.00. The second-order valence-electron chi connectivity index (χ2n) is 4.01. The first kappa shape index (κ1) is 10.7. The Bertz CT molecular complexity index is 454. The smallest absolute Gasteiger partial charge is 0.335 e. The number of amides is 1. The van der Waals surface area contributed by atoms with Crippen LogP contribution in [0.1, 0.15) is 28.8 Å². The van der Waals surface area contributed by atoms with Crippen molar-refractivity contribution in [1.82, 2.24) is 0 Å². The molecule has 1 N–H and O–H groups in total. The zero-order chi connectivity index (χ0) is 11.7. The molecule has 0 unspecified atom stereocenters. The van der Waals surface area contributed by atoms with Gasteiger partial charge in [-0.2, -0.15) is 0 Å². The molecular weight excluding hydrogens is 206 g/mol. The van der Waals surface area contributed by atoms with Gasteiger partial charge in [0, 0.05) is 18.7 Å². The summed E-state index contributed by atoms with van der Waals surface area (Å²) in [5.74, 6) is -0.890. The molecule has 0 radical (unpaired) electrons. The molecule has 1 fully saturated rings. The molecule has 2 rings (SSSR count). The molecule has 4 nitrogen and oxygen atoms in total. The van der Waals surface area contributed by atoms with Gasteiger partial charge in [-0.05, 0) is 37.1 Å². The van der Waals surface area contributed by atoms with Gasteiger partial charge < -0.3 is 10.0 Å². The van der Waals surface area contributed by atoms with Crippen molar-refractivity contribution in [2.75, 3.05) is 11.4 Å². The van der Waals surface area contributed by atoms with Gasteiger partial charge in [-0.15, -0.1) is 0 Å². The Balaban J connectivity index is 2.40. The van der Waals surface area contributed by atoms with Crippen LogP contribution in [0.5, 0.6) is 0 Å². The number of anilines is 1. The second kappa shape index (κ2) is 3.96. The van der Waals surface area contributed by atoms with Crippen LogP contribution in [-0.2, 0) is 4.79 Å². The molecule has 16 heavy (non-hydrogen) atoms. The molecule has 1 aromatic carbocycles.